The number of rotatable bonds is 5. The molecule has 0 aliphatic carbocycles. The number of aromatic nitrogens is 1. The number of nitrogens with zero attached hydrogens (tertiary/aromatic N) is 2. The molecule has 1 amide bonds. The Kier molecular flexibility index (Phi) is 4.81. The highest BCUT2D eigenvalue weighted by Crippen LogP contribution is 2.18. The van der Waals surface area contributed by atoms with Crippen LogP contribution in [0, 0.1) is 0 Å². The van der Waals surface area contributed by atoms with Crippen LogP contribution in [0.1, 0.15) is 39.9 Å². The summed E-state index contributed by atoms with van der Waals surface area (Å²) in [5, 5.41) is 6.32. The van der Waals surface area contributed by atoms with Crippen LogP contribution in [-0.2, 0) is 13.1 Å². The van der Waals surface area contributed by atoms with Crippen LogP contribution in [0.4, 0.5) is 5.82 Å². The molecule has 24 heavy (non-hydrogen) atoms. The first-order valence-electron chi connectivity index (χ1n) is 8.28. The molecule has 1 atom stereocenters. The number of carbonyl (C=O) groups is 1. The zero-order chi connectivity index (χ0) is 17.1. The van der Waals surface area contributed by atoms with Gasteiger partial charge in [-0.3, -0.25) is 4.79 Å². The normalized spacial score (nSPS) is 14.1. The van der Waals surface area contributed by atoms with Crippen LogP contribution < -0.4 is 15.5 Å². The van der Waals surface area contributed by atoms with E-state index < -0.39 is 0 Å². The molecule has 5 nitrogen and oxygen atoms in total. The van der Waals surface area contributed by atoms with Gasteiger partial charge in [0.15, 0.2) is 0 Å². The largest absolute Gasteiger partial charge is 0.363 e. The highest BCUT2D eigenvalue weighted by molar-refractivity contribution is 5.94. The van der Waals surface area contributed by atoms with Crippen molar-refractivity contribution in [2.45, 2.75) is 25.9 Å². The van der Waals surface area contributed by atoms with Gasteiger partial charge in [0.1, 0.15) is 5.82 Å². The number of amides is 1. The molecule has 0 spiro atoms. The van der Waals surface area contributed by atoms with Crippen LogP contribution in [0.15, 0.2) is 36.5 Å². The van der Waals surface area contributed by atoms with Gasteiger partial charge in [0.05, 0.1) is 0 Å². The summed E-state index contributed by atoms with van der Waals surface area (Å²) in [5.74, 6) is 1.13. The van der Waals surface area contributed by atoms with Crippen LogP contribution in [0.2, 0.25) is 0 Å². The van der Waals surface area contributed by atoms with Gasteiger partial charge in [0.2, 0.25) is 0 Å². The molecule has 0 saturated carbocycles. The van der Waals surface area contributed by atoms with Crippen LogP contribution >= 0.6 is 0 Å². The maximum Gasteiger partial charge on any atom is 0.251 e. The van der Waals surface area contributed by atoms with E-state index in [0.717, 1.165) is 30.0 Å². The fraction of sp³-hybridized carbons (Fsp3) is 0.368. The lowest BCUT2D eigenvalue weighted by molar-refractivity contribution is 0.0951. The first-order chi connectivity index (χ1) is 11.5. The van der Waals surface area contributed by atoms with E-state index in [0.29, 0.717) is 6.54 Å². The number of hydrogen-bond donors (Lipinski definition) is 2. The standard InChI is InChI=1S/C19H24N4O/c1-13(15-6-7-18(21-12-15)23(2)3)9-22-19(24)14-4-5-16-10-20-11-17(16)8-14/h4-8,12-13,20H,9-11H2,1-3H3,(H,22,24). The van der Waals surface area contributed by atoms with Gasteiger partial charge in [0, 0.05) is 45.5 Å². The number of benzene rings is 1. The highest BCUT2D eigenvalue weighted by atomic mass is 16.1. The molecule has 1 aromatic heterocycles. The van der Waals surface area contributed by atoms with E-state index in [2.05, 4.69) is 28.6 Å². The monoisotopic (exact) mass is 324 g/mol. The Hall–Kier alpha value is -2.40. The number of pyridine rings is 1. The highest BCUT2D eigenvalue weighted by Gasteiger charge is 2.14. The number of fused-ring (bicyclic) bond motifs is 1. The number of hydrogen-bond acceptors (Lipinski definition) is 4. The Bertz CT molecular complexity index is 725. The maximum absolute atomic E-state index is 12.4. The maximum atomic E-state index is 12.4. The topological polar surface area (TPSA) is 57.3 Å². The lowest BCUT2D eigenvalue weighted by Gasteiger charge is -2.15. The van der Waals surface area contributed by atoms with Crippen LogP contribution in [0.3, 0.4) is 0 Å². The smallest absolute Gasteiger partial charge is 0.251 e. The van der Waals surface area contributed by atoms with Crippen LogP contribution in [0.5, 0.6) is 0 Å². The zero-order valence-electron chi connectivity index (χ0n) is 14.5. The number of carbonyl (C=O) groups excluding carboxylic acids is 1. The first kappa shape index (κ1) is 16.5. The van der Waals surface area contributed by atoms with Crippen molar-refractivity contribution < 1.29 is 4.79 Å². The van der Waals surface area contributed by atoms with E-state index in [9.17, 15) is 4.79 Å². The summed E-state index contributed by atoms with van der Waals surface area (Å²) >= 11 is 0. The quantitative estimate of drug-likeness (QED) is 0.886. The van der Waals surface area contributed by atoms with Gasteiger partial charge in [0.25, 0.3) is 5.91 Å². The summed E-state index contributed by atoms with van der Waals surface area (Å²) in [6.45, 7) is 4.43. The molecule has 0 fully saturated rings. The molecule has 126 valence electrons. The zero-order valence-corrected chi connectivity index (χ0v) is 14.5. The van der Waals surface area contributed by atoms with Crippen LogP contribution in [0.25, 0.3) is 0 Å². The van der Waals surface area contributed by atoms with Crippen molar-refractivity contribution in [3.63, 3.8) is 0 Å². The van der Waals surface area contributed by atoms with Crippen molar-refractivity contribution >= 4 is 11.7 Å². The molecule has 1 aliphatic rings. The third-order valence-corrected chi connectivity index (χ3v) is 4.47. The lowest BCUT2D eigenvalue weighted by Crippen LogP contribution is -2.27. The molecule has 5 heteroatoms. The number of anilines is 1. The van der Waals surface area contributed by atoms with Gasteiger partial charge in [-0.2, -0.15) is 0 Å². The van der Waals surface area contributed by atoms with Gasteiger partial charge in [-0.25, -0.2) is 4.98 Å². The third kappa shape index (κ3) is 3.57. The molecule has 2 heterocycles. The Morgan fingerprint density at radius 2 is 2.04 bits per heavy atom. The molecule has 1 unspecified atom stereocenters. The molecular formula is C19H24N4O. The van der Waals surface area contributed by atoms with Gasteiger partial charge < -0.3 is 15.5 Å². The summed E-state index contributed by atoms with van der Waals surface area (Å²) in [7, 11) is 3.94. The molecule has 2 N–H and O–H groups in total. The van der Waals surface area contributed by atoms with Crippen molar-refractivity contribution in [2.75, 3.05) is 25.5 Å². The van der Waals surface area contributed by atoms with Crippen molar-refractivity contribution in [2.24, 2.45) is 0 Å². The Labute approximate surface area is 143 Å². The van der Waals surface area contributed by atoms with E-state index in [1.165, 1.54) is 11.1 Å². The van der Waals surface area contributed by atoms with Crippen molar-refractivity contribution in [3.05, 3.63) is 58.8 Å². The SMILES string of the molecule is CC(CNC(=O)c1ccc2c(c1)CNC2)c1ccc(N(C)C)nc1. The van der Waals surface area contributed by atoms with Gasteiger partial charge in [-0.15, -0.1) is 0 Å². The summed E-state index contributed by atoms with van der Waals surface area (Å²) in [6.07, 6.45) is 1.88. The van der Waals surface area contributed by atoms with Crippen molar-refractivity contribution in [3.8, 4) is 0 Å². The van der Waals surface area contributed by atoms with E-state index in [1.54, 1.807) is 0 Å². The van der Waals surface area contributed by atoms with Gasteiger partial charge in [-0.05, 0) is 40.8 Å². The second-order valence-corrected chi connectivity index (χ2v) is 6.54. The lowest BCUT2D eigenvalue weighted by atomic mass is 10.0. The van der Waals surface area contributed by atoms with Crippen LogP contribution in [-0.4, -0.2) is 31.5 Å². The molecule has 1 aliphatic heterocycles. The first-order valence-corrected chi connectivity index (χ1v) is 8.28. The van der Waals surface area contributed by atoms with E-state index >= 15 is 0 Å². The summed E-state index contributed by atoms with van der Waals surface area (Å²) in [5.41, 5.74) is 4.36. The average Bonchev–Trinajstić information content (AvgIpc) is 3.07. The third-order valence-electron chi connectivity index (χ3n) is 4.47. The fourth-order valence-electron chi connectivity index (χ4n) is 2.86. The minimum Gasteiger partial charge on any atom is -0.363 e. The molecule has 0 bridgehead atoms. The average molecular weight is 324 g/mol. The summed E-state index contributed by atoms with van der Waals surface area (Å²) in [6, 6.07) is 10.0. The van der Waals surface area contributed by atoms with E-state index in [1.807, 2.05) is 49.5 Å². The number of nitrogens with one attached hydrogen (secondary N) is 2. The Morgan fingerprint density at radius 3 is 2.75 bits per heavy atom. The molecule has 1 aromatic carbocycles. The summed E-state index contributed by atoms with van der Waals surface area (Å²) < 4.78 is 0. The second-order valence-electron chi connectivity index (χ2n) is 6.54. The Morgan fingerprint density at radius 1 is 1.25 bits per heavy atom. The Balaban J connectivity index is 1.59. The molecule has 0 saturated heterocycles. The van der Waals surface area contributed by atoms with Crippen molar-refractivity contribution in [1.29, 1.82) is 0 Å². The van der Waals surface area contributed by atoms with Gasteiger partial charge in [-0.1, -0.05) is 19.1 Å². The molecule has 0 radical (unpaired) electrons. The summed E-state index contributed by atoms with van der Waals surface area (Å²) in [4.78, 5) is 18.8. The predicted molar refractivity (Wildman–Crippen MR) is 96.3 cm³/mol. The molecular weight excluding hydrogens is 300 g/mol. The molecule has 3 rings (SSSR count). The predicted octanol–water partition coefficient (Wildman–Crippen LogP) is 2.28. The van der Waals surface area contributed by atoms with E-state index in [4.69, 9.17) is 0 Å². The minimum absolute atomic E-state index is 0.0191. The van der Waals surface area contributed by atoms with E-state index in [-0.39, 0.29) is 11.8 Å². The minimum atomic E-state index is -0.0191. The fourth-order valence-corrected chi connectivity index (χ4v) is 2.86. The van der Waals surface area contributed by atoms with Crippen molar-refractivity contribution in [1.82, 2.24) is 15.6 Å². The second kappa shape index (κ2) is 7.01. The molecule has 2 aromatic rings. The van der Waals surface area contributed by atoms with Gasteiger partial charge >= 0.3 is 0 Å².